The molecule has 1 aromatic rings. The molecule has 0 bridgehead atoms. The molecule has 0 saturated heterocycles. The Kier molecular flexibility index (Phi) is 11.9. The van der Waals surface area contributed by atoms with Crippen LogP contribution in [0.25, 0.3) is 0 Å². The van der Waals surface area contributed by atoms with Gasteiger partial charge in [-0.3, -0.25) is 9.78 Å². The van der Waals surface area contributed by atoms with E-state index in [4.69, 9.17) is 33.3 Å². The molecule has 9 heteroatoms. The lowest BCUT2D eigenvalue weighted by Crippen LogP contribution is -2.13. The smallest absolute Gasteiger partial charge is 0.352 e. The molecular formula is C18H28O9. The SMILES string of the molecule is CCc1ccc(OOC(C)=O)c(OCOCCOC)c1OCOCCOC. The molecule has 0 fully saturated rings. The van der Waals surface area contributed by atoms with Gasteiger partial charge < -0.3 is 28.4 Å². The zero-order valence-electron chi connectivity index (χ0n) is 16.3. The molecule has 0 radical (unpaired) electrons. The van der Waals surface area contributed by atoms with Crippen molar-refractivity contribution in [2.24, 2.45) is 0 Å². The monoisotopic (exact) mass is 388 g/mol. The molecule has 0 spiro atoms. The molecule has 154 valence electrons. The van der Waals surface area contributed by atoms with Crippen LogP contribution >= 0.6 is 0 Å². The van der Waals surface area contributed by atoms with Gasteiger partial charge in [0.25, 0.3) is 0 Å². The minimum absolute atomic E-state index is 0.00568. The van der Waals surface area contributed by atoms with Gasteiger partial charge in [0.05, 0.1) is 26.4 Å². The molecule has 0 atom stereocenters. The average molecular weight is 388 g/mol. The molecule has 0 aliphatic carbocycles. The highest BCUT2D eigenvalue weighted by atomic mass is 17.2. The van der Waals surface area contributed by atoms with Crippen molar-refractivity contribution in [1.29, 1.82) is 0 Å². The van der Waals surface area contributed by atoms with Gasteiger partial charge in [0.1, 0.15) is 0 Å². The topological polar surface area (TPSA) is 90.9 Å². The Morgan fingerprint density at radius 1 is 0.889 bits per heavy atom. The molecule has 0 N–H and O–H groups in total. The highest BCUT2D eigenvalue weighted by Gasteiger charge is 2.19. The number of hydrogen-bond donors (Lipinski definition) is 0. The Hall–Kier alpha value is -2.07. The molecule has 1 rings (SSSR count). The van der Waals surface area contributed by atoms with Crippen LogP contribution in [0.4, 0.5) is 0 Å². The number of rotatable bonds is 15. The summed E-state index contributed by atoms with van der Waals surface area (Å²) in [6.07, 6.45) is 0.683. The van der Waals surface area contributed by atoms with Gasteiger partial charge >= 0.3 is 5.97 Å². The van der Waals surface area contributed by atoms with Gasteiger partial charge in [0.15, 0.2) is 19.3 Å². The Bertz CT molecular complexity index is 548. The first-order chi connectivity index (χ1) is 13.1. The Balaban J connectivity index is 2.90. The van der Waals surface area contributed by atoms with E-state index in [2.05, 4.69) is 4.89 Å². The fourth-order valence-corrected chi connectivity index (χ4v) is 1.93. The Morgan fingerprint density at radius 2 is 1.48 bits per heavy atom. The van der Waals surface area contributed by atoms with E-state index in [1.165, 1.54) is 6.92 Å². The highest BCUT2D eigenvalue weighted by molar-refractivity contribution is 5.65. The number of carbonyl (C=O) groups is 1. The maximum Gasteiger partial charge on any atom is 0.352 e. The lowest BCUT2D eigenvalue weighted by atomic mass is 10.1. The third-order valence-corrected chi connectivity index (χ3v) is 3.22. The van der Waals surface area contributed by atoms with Crippen molar-refractivity contribution in [3.63, 3.8) is 0 Å². The van der Waals surface area contributed by atoms with Gasteiger partial charge in [-0.1, -0.05) is 13.0 Å². The standard InChI is InChI=1S/C18H28O9/c1-5-15-6-7-16(27-26-14(2)19)18(25-13-23-11-9-21-4)17(15)24-12-22-10-8-20-3/h6-7H,5,8-13H2,1-4H3. The number of methoxy groups -OCH3 is 2. The predicted octanol–water partition coefficient (Wildman–Crippen LogP) is 2.10. The van der Waals surface area contributed by atoms with Crippen molar-refractivity contribution >= 4 is 5.97 Å². The van der Waals surface area contributed by atoms with Crippen LogP contribution in [0.1, 0.15) is 19.4 Å². The largest absolute Gasteiger partial charge is 0.463 e. The van der Waals surface area contributed by atoms with Crippen LogP contribution in [-0.2, 0) is 35.1 Å². The summed E-state index contributed by atoms with van der Waals surface area (Å²) in [6, 6.07) is 3.42. The first-order valence-electron chi connectivity index (χ1n) is 8.53. The fraction of sp³-hybridized carbons (Fsp3) is 0.611. The van der Waals surface area contributed by atoms with E-state index in [1.54, 1.807) is 26.4 Å². The molecule has 0 saturated carbocycles. The first kappa shape index (κ1) is 23.0. The second kappa shape index (κ2) is 14.0. The van der Waals surface area contributed by atoms with Gasteiger partial charge in [-0.25, -0.2) is 4.79 Å². The molecular weight excluding hydrogens is 360 g/mol. The van der Waals surface area contributed by atoms with Crippen LogP contribution in [0.2, 0.25) is 0 Å². The number of ether oxygens (including phenoxy) is 6. The van der Waals surface area contributed by atoms with Crippen LogP contribution in [-0.4, -0.2) is 60.2 Å². The molecule has 1 aromatic carbocycles. The summed E-state index contributed by atoms with van der Waals surface area (Å²) in [6.45, 7) is 4.78. The second-order valence-corrected chi connectivity index (χ2v) is 5.22. The zero-order valence-corrected chi connectivity index (χ0v) is 16.3. The molecule has 0 aliphatic rings. The molecule has 0 unspecified atom stereocenters. The van der Waals surface area contributed by atoms with Crippen molar-refractivity contribution in [3.05, 3.63) is 17.7 Å². The summed E-state index contributed by atoms with van der Waals surface area (Å²) in [5, 5.41) is 0. The van der Waals surface area contributed by atoms with E-state index in [0.29, 0.717) is 38.6 Å². The molecule has 0 aromatic heterocycles. The zero-order chi connectivity index (χ0) is 19.9. The average Bonchev–Trinajstić information content (AvgIpc) is 2.66. The van der Waals surface area contributed by atoms with E-state index >= 15 is 0 Å². The van der Waals surface area contributed by atoms with Gasteiger partial charge in [-0.05, 0) is 18.1 Å². The third-order valence-electron chi connectivity index (χ3n) is 3.22. The molecule has 0 heterocycles. The van der Waals surface area contributed by atoms with Crippen LogP contribution < -0.4 is 14.4 Å². The van der Waals surface area contributed by atoms with Crippen LogP contribution in [0, 0.1) is 0 Å². The number of benzene rings is 1. The van der Waals surface area contributed by atoms with E-state index < -0.39 is 5.97 Å². The molecule has 0 amide bonds. The number of carbonyl (C=O) groups excluding carboxylic acids is 1. The third kappa shape index (κ3) is 8.91. The molecule has 9 nitrogen and oxygen atoms in total. The van der Waals surface area contributed by atoms with E-state index in [0.717, 1.165) is 5.56 Å². The Morgan fingerprint density at radius 3 is 2.00 bits per heavy atom. The van der Waals surface area contributed by atoms with Gasteiger partial charge in [0, 0.05) is 21.1 Å². The normalized spacial score (nSPS) is 10.5. The Labute approximate surface area is 159 Å². The number of aryl methyl sites for hydroxylation is 1. The second-order valence-electron chi connectivity index (χ2n) is 5.22. The minimum atomic E-state index is -0.595. The maximum absolute atomic E-state index is 11.1. The van der Waals surface area contributed by atoms with Gasteiger partial charge in [-0.2, -0.15) is 0 Å². The predicted molar refractivity (Wildman–Crippen MR) is 94.9 cm³/mol. The highest BCUT2D eigenvalue weighted by Crippen LogP contribution is 2.41. The van der Waals surface area contributed by atoms with E-state index in [9.17, 15) is 4.79 Å². The van der Waals surface area contributed by atoms with Crippen molar-refractivity contribution in [2.75, 3.05) is 54.2 Å². The summed E-state index contributed by atoms with van der Waals surface area (Å²) < 4.78 is 31.9. The van der Waals surface area contributed by atoms with Crippen molar-refractivity contribution < 1.29 is 43.0 Å². The summed E-state index contributed by atoms with van der Waals surface area (Å²) in [5.41, 5.74) is 0.868. The van der Waals surface area contributed by atoms with E-state index in [1.807, 2.05) is 6.92 Å². The van der Waals surface area contributed by atoms with Crippen LogP contribution in [0.15, 0.2) is 12.1 Å². The van der Waals surface area contributed by atoms with Crippen molar-refractivity contribution in [3.8, 4) is 17.2 Å². The summed E-state index contributed by atoms with van der Waals surface area (Å²) in [4.78, 5) is 20.7. The first-order valence-corrected chi connectivity index (χ1v) is 8.53. The maximum atomic E-state index is 11.1. The summed E-state index contributed by atoms with van der Waals surface area (Å²) in [7, 11) is 3.17. The lowest BCUT2D eigenvalue weighted by Gasteiger charge is -2.18. The van der Waals surface area contributed by atoms with Crippen LogP contribution in [0.5, 0.6) is 17.2 Å². The lowest BCUT2D eigenvalue weighted by molar-refractivity contribution is -0.211. The van der Waals surface area contributed by atoms with Crippen molar-refractivity contribution in [2.45, 2.75) is 20.3 Å². The van der Waals surface area contributed by atoms with E-state index in [-0.39, 0.29) is 25.1 Å². The van der Waals surface area contributed by atoms with Crippen molar-refractivity contribution in [1.82, 2.24) is 0 Å². The number of hydrogen-bond acceptors (Lipinski definition) is 9. The van der Waals surface area contributed by atoms with Gasteiger partial charge in [0.2, 0.25) is 11.5 Å². The fourth-order valence-electron chi connectivity index (χ4n) is 1.93. The molecule has 27 heavy (non-hydrogen) atoms. The summed E-state index contributed by atoms with van der Waals surface area (Å²) in [5.74, 6) is 0.269. The summed E-state index contributed by atoms with van der Waals surface area (Å²) >= 11 is 0. The van der Waals surface area contributed by atoms with Gasteiger partial charge in [-0.15, -0.1) is 0 Å². The molecule has 0 aliphatic heterocycles. The minimum Gasteiger partial charge on any atom is -0.463 e. The quantitative estimate of drug-likeness (QED) is 0.194. The van der Waals surface area contributed by atoms with Crippen LogP contribution in [0.3, 0.4) is 0 Å².